The summed E-state index contributed by atoms with van der Waals surface area (Å²) < 4.78 is 0. The Morgan fingerprint density at radius 2 is 2.07 bits per heavy atom. The molecule has 0 aromatic heterocycles. The number of aliphatic carboxylic acids is 1. The van der Waals surface area contributed by atoms with Crippen LogP contribution in [0.4, 0.5) is 0 Å². The molecule has 0 aliphatic carbocycles. The Morgan fingerprint density at radius 1 is 1.30 bits per heavy atom. The summed E-state index contributed by atoms with van der Waals surface area (Å²) in [5.74, 6) is 0.315. The molecule has 0 saturated carbocycles. The number of unbranched alkanes of at least 4 members (excludes halogenated alkanes) is 1. The molecular formula is C21H29NO4S. The van der Waals surface area contributed by atoms with Crippen LogP contribution >= 0.6 is 11.8 Å². The summed E-state index contributed by atoms with van der Waals surface area (Å²) in [6.45, 7) is 0.691. The van der Waals surface area contributed by atoms with Crippen LogP contribution in [0.1, 0.15) is 37.7 Å². The van der Waals surface area contributed by atoms with E-state index in [0.29, 0.717) is 19.4 Å². The fraction of sp³-hybridized carbons (Fsp3) is 0.524. The number of thioether (sulfide) groups is 1. The first kappa shape index (κ1) is 21.5. The number of likely N-dealkylation sites (tertiary alicyclic amines) is 1. The van der Waals surface area contributed by atoms with Gasteiger partial charge < -0.3 is 15.1 Å². The summed E-state index contributed by atoms with van der Waals surface area (Å²) in [5, 5.41) is 18.9. The number of carbonyl (C=O) groups is 2. The Balaban J connectivity index is 1.79. The standard InChI is InChI=1S/C21H29NO4S/c23-19(15-17-7-2-1-3-8-17)12-11-18-9-6-10-20(24)22(18)13-4-5-14-27-16-21(25)26/h1-3,7-8,11-12,18-19,23H,4-6,9-10,13-16H2,(H,25,26)/t18-,19?/m1/s1. The molecule has 1 unspecified atom stereocenters. The zero-order chi connectivity index (χ0) is 19.5. The number of rotatable bonds is 11. The van der Waals surface area contributed by atoms with Gasteiger partial charge in [0, 0.05) is 19.4 Å². The van der Waals surface area contributed by atoms with Crippen molar-refractivity contribution >= 4 is 23.6 Å². The molecular weight excluding hydrogens is 362 g/mol. The molecule has 1 saturated heterocycles. The molecule has 0 spiro atoms. The number of hydrogen-bond donors (Lipinski definition) is 2. The highest BCUT2D eigenvalue weighted by atomic mass is 32.2. The van der Waals surface area contributed by atoms with E-state index in [4.69, 9.17) is 5.11 Å². The van der Waals surface area contributed by atoms with E-state index in [1.807, 2.05) is 47.4 Å². The van der Waals surface area contributed by atoms with Crippen molar-refractivity contribution in [1.29, 1.82) is 0 Å². The molecule has 0 bridgehead atoms. The quantitative estimate of drug-likeness (QED) is 0.448. The number of aliphatic hydroxyl groups excluding tert-OH is 1. The summed E-state index contributed by atoms with van der Waals surface area (Å²) in [5.41, 5.74) is 1.09. The molecule has 27 heavy (non-hydrogen) atoms. The molecule has 2 N–H and O–H groups in total. The second-order valence-electron chi connectivity index (χ2n) is 6.84. The summed E-state index contributed by atoms with van der Waals surface area (Å²) in [6, 6.07) is 9.91. The van der Waals surface area contributed by atoms with Gasteiger partial charge in [-0.25, -0.2) is 0 Å². The SMILES string of the molecule is O=C(O)CSCCCCN1C(=O)CCC[C@@H]1C=CC(O)Cc1ccccc1. The van der Waals surface area contributed by atoms with Crippen LogP contribution < -0.4 is 0 Å². The number of nitrogens with zero attached hydrogens (tertiary/aromatic N) is 1. The number of benzene rings is 1. The van der Waals surface area contributed by atoms with Crippen LogP contribution in [0, 0.1) is 0 Å². The molecule has 1 fully saturated rings. The maximum absolute atomic E-state index is 12.3. The van der Waals surface area contributed by atoms with E-state index in [-0.39, 0.29) is 17.7 Å². The van der Waals surface area contributed by atoms with Gasteiger partial charge in [0.1, 0.15) is 0 Å². The Bertz CT molecular complexity index is 620. The van der Waals surface area contributed by atoms with Gasteiger partial charge in [0.25, 0.3) is 0 Å². The molecule has 1 heterocycles. The fourth-order valence-electron chi connectivity index (χ4n) is 3.26. The van der Waals surface area contributed by atoms with Gasteiger partial charge >= 0.3 is 5.97 Å². The third-order valence-corrected chi connectivity index (χ3v) is 5.65. The Kier molecular flexibility index (Phi) is 9.42. The Labute approximate surface area is 165 Å². The highest BCUT2D eigenvalue weighted by Crippen LogP contribution is 2.21. The number of carboxylic acid groups (broad SMARTS) is 1. The second kappa shape index (κ2) is 11.8. The van der Waals surface area contributed by atoms with Crippen LogP contribution in [-0.2, 0) is 16.0 Å². The smallest absolute Gasteiger partial charge is 0.313 e. The summed E-state index contributed by atoms with van der Waals surface area (Å²) in [7, 11) is 0. The largest absolute Gasteiger partial charge is 0.481 e. The first-order chi connectivity index (χ1) is 13.1. The van der Waals surface area contributed by atoms with Crippen LogP contribution in [0.3, 0.4) is 0 Å². The monoisotopic (exact) mass is 391 g/mol. The number of aliphatic hydroxyl groups is 1. The van der Waals surface area contributed by atoms with Crippen LogP contribution in [0.2, 0.25) is 0 Å². The van der Waals surface area contributed by atoms with Gasteiger partial charge in [-0.2, -0.15) is 11.8 Å². The predicted octanol–water partition coefficient (Wildman–Crippen LogP) is 3.13. The van der Waals surface area contributed by atoms with Crippen molar-refractivity contribution in [3.63, 3.8) is 0 Å². The molecule has 1 aromatic carbocycles. The normalized spacial score (nSPS) is 18.8. The maximum Gasteiger partial charge on any atom is 0.313 e. The summed E-state index contributed by atoms with van der Waals surface area (Å²) in [6.07, 6.45) is 7.96. The van der Waals surface area contributed by atoms with Crippen molar-refractivity contribution in [2.24, 2.45) is 0 Å². The third kappa shape index (κ3) is 8.18. The number of piperidine rings is 1. The van der Waals surface area contributed by atoms with Crippen molar-refractivity contribution in [3.05, 3.63) is 48.0 Å². The summed E-state index contributed by atoms with van der Waals surface area (Å²) in [4.78, 5) is 24.7. The minimum atomic E-state index is -0.787. The van der Waals surface area contributed by atoms with Crippen molar-refractivity contribution in [2.45, 2.75) is 50.7 Å². The molecule has 1 aliphatic heterocycles. The third-order valence-electron chi connectivity index (χ3n) is 4.62. The molecule has 5 nitrogen and oxygen atoms in total. The van der Waals surface area contributed by atoms with Crippen LogP contribution in [-0.4, -0.2) is 57.2 Å². The molecule has 6 heteroatoms. The van der Waals surface area contributed by atoms with E-state index in [0.717, 1.165) is 37.0 Å². The van der Waals surface area contributed by atoms with E-state index in [1.54, 1.807) is 0 Å². The number of amides is 1. The highest BCUT2D eigenvalue weighted by molar-refractivity contribution is 7.99. The minimum Gasteiger partial charge on any atom is -0.481 e. The van der Waals surface area contributed by atoms with Gasteiger partial charge in [0.15, 0.2) is 0 Å². The fourth-order valence-corrected chi connectivity index (χ4v) is 3.99. The molecule has 1 aliphatic rings. The molecule has 2 atom stereocenters. The lowest BCUT2D eigenvalue weighted by molar-refractivity contribution is -0.135. The van der Waals surface area contributed by atoms with Crippen LogP contribution in [0.25, 0.3) is 0 Å². The predicted molar refractivity (Wildman–Crippen MR) is 109 cm³/mol. The average molecular weight is 392 g/mol. The van der Waals surface area contributed by atoms with E-state index in [9.17, 15) is 14.7 Å². The lowest BCUT2D eigenvalue weighted by Crippen LogP contribution is -2.43. The lowest BCUT2D eigenvalue weighted by Gasteiger charge is -2.34. The summed E-state index contributed by atoms with van der Waals surface area (Å²) >= 11 is 1.41. The van der Waals surface area contributed by atoms with E-state index in [2.05, 4.69) is 0 Å². The van der Waals surface area contributed by atoms with Crippen molar-refractivity contribution in [3.8, 4) is 0 Å². The average Bonchev–Trinajstić information content (AvgIpc) is 2.65. The Hall–Kier alpha value is -1.79. The molecule has 1 aromatic rings. The molecule has 1 amide bonds. The van der Waals surface area contributed by atoms with Crippen LogP contribution in [0.15, 0.2) is 42.5 Å². The number of carboxylic acids is 1. The minimum absolute atomic E-state index is 0.0448. The van der Waals surface area contributed by atoms with E-state index < -0.39 is 12.1 Å². The van der Waals surface area contributed by atoms with Crippen molar-refractivity contribution in [2.75, 3.05) is 18.1 Å². The zero-order valence-electron chi connectivity index (χ0n) is 15.6. The first-order valence-corrected chi connectivity index (χ1v) is 10.7. The van der Waals surface area contributed by atoms with Gasteiger partial charge in [0.2, 0.25) is 5.91 Å². The maximum atomic E-state index is 12.3. The first-order valence-electron chi connectivity index (χ1n) is 9.55. The van der Waals surface area contributed by atoms with Crippen LogP contribution in [0.5, 0.6) is 0 Å². The Morgan fingerprint density at radius 3 is 2.81 bits per heavy atom. The van der Waals surface area contributed by atoms with Gasteiger partial charge in [-0.1, -0.05) is 42.5 Å². The highest BCUT2D eigenvalue weighted by Gasteiger charge is 2.25. The van der Waals surface area contributed by atoms with Crippen molar-refractivity contribution < 1.29 is 19.8 Å². The zero-order valence-corrected chi connectivity index (χ0v) is 16.4. The van der Waals surface area contributed by atoms with E-state index >= 15 is 0 Å². The lowest BCUT2D eigenvalue weighted by atomic mass is 9.99. The van der Waals surface area contributed by atoms with Gasteiger partial charge in [-0.05, 0) is 37.0 Å². The topological polar surface area (TPSA) is 77.8 Å². The number of hydrogen-bond acceptors (Lipinski definition) is 4. The van der Waals surface area contributed by atoms with E-state index in [1.165, 1.54) is 11.8 Å². The van der Waals surface area contributed by atoms with Gasteiger partial charge in [-0.15, -0.1) is 0 Å². The van der Waals surface area contributed by atoms with Gasteiger partial charge in [0.05, 0.1) is 17.9 Å². The van der Waals surface area contributed by atoms with Gasteiger partial charge in [-0.3, -0.25) is 9.59 Å². The second-order valence-corrected chi connectivity index (χ2v) is 7.95. The molecule has 0 radical (unpaired) electrons. The molecule has 2 rings (SSSR count). The van der Waals surface area contributed by atoms with Crippen molar-refractivity contribution in [1.82, 2.24) is 4.90 Å². The number of carbonyl (C=O) groups excluding carboxylic acids is 1. The molecule has 148 valence electrons.